The fourth-order valence-corrected chi connectivity index (χ4v) is 5.60. The molecule has 0 saturated carbocycles. The molecule has 3 aromatic rings. The number of hydrogen-bond donors (Lipinski definition) is 1. The van der Waals surface area contributed by atoms with E-state index in [2.05, 4.69) is 24.8 Å². The van der Waals surface area contributed by atoms with Crippen LogP contribution in [0.1, 0.15) is 55.5 Å². The smallest absolute Gasteiger partial charge is 0.150 e. The zero-order chi connectivity index (χ0) is 26.1. The lowest BCUT2D eigenvalue weighted by Gasteiger charge is -2.32. The molecule has 1 fully saturated rings. The number of aromatic hydroxyl groups is 1. The number of likely N-dealkylation sites (tertiary alicyclic amines) is 1. The molecule has 0 spiro atoms. The second-order valence-electron chi connectivity index (χ2n) is 10.1. The fourth-order valence-electron chi connectivity index (χ4n) is 5.36. The van der Waals surface area contributed by atoms with E-state index in [4.69, 9.17) is 21.1 Å². The van der Waals surface area contributed by atoms with Crippen LogP contribution in [0.2, 0.25) is 5.02 Å². The van der Waals surface area contributed by atoms with Gasteiger partial charge in [0.05, 0.1) is 0 Å². The van der Waals surface area contributed by atoms with Crippen LogP contribution in [0.5, 0.6) is 17.2 Å². The second kappa shape index (κ2) is 10.5. The van der Waals surface area contributed by atoms with Crippen molar-refractivity contribution in [3.8, 4) is 23.3 Å². The Hall–Kier alpha value is -3.46. The van der Waals surface area contributed by atoms with Crippen LogP contribution in [-0.2, 0) is 0 Å². The average Bonchev–Trinajstić information content (AvgIpc) is 3.34. The molecule has 3 unspecified atom stereocenters. The minimum Gasteiger partial charge on any atom is -0.507 e. The zero-order valence-electron chi connectivity index (χ0n) is 21.4. The van der Waals surface area contributed by atoms with Crippen LogP contribution in [0.15, 0.2) is 60.7 Å². The van der Waals surface area contributed by atoms with Gasteiger partial charge in [0.15, 0.2) is 0 Å². The third-order valence-electron chi connectivity index (χ3n) is 7.46. The highest BCUT2D eigenvalue weighted by Gasteiger charge is 2.32. The molecule has 1 N–H and O–H groups in total. The van der Waals surface area contributed by atoms with Gasteiger partial charge in [-0.15, -0.1) is 0 Å². The molecule has 2 heterocycles. The number of nitrogens with zero attached hydrogens (tertiary/aromatic N) is 2. The van der Waals surface area contributed by atoms with Gasteiger partial charge in [-0.3, -0.25) is 4.90 Å². The van der Waals surface area contributed by atoms with Gasteiger partial charge < -0.3 is 14.6 Å². The molecule has 1 saturated heterocycles. The number of phenols is 1. The number of ether oxygens (including phenoxy) is 2. The number of nitriles is 1. The Balaban J connectivity index is 1.46. The molecule has 0 aromatic heterocycles. The molecule has 0 aliphatic carbocycles. The van der Waals surface area contributed by atoms with E-state index in [1.54, 1.807) is 6.07 Å². The molecule has 2 aliphatic heterocycles. The molecule has 190 valence electrons. The fraction of sp³-hybridized carbons (Fsp3) is 0.323. The van der Waals surface area contributed by atoms with Gasteiger partial charge in [0.25, 0.3) is 0 Å². The maximum Gasteiger partial charge on any atom is 0.150 e. The lowest BCUT2D eigenvalue weighted by Crippen LogP contribution is -2.35. The molecule has 3 aromatic carbocycles. The first-order valence-corrected chi connectivity index (χ1v) is 13.1. The van der Waals surface area contributed by atoms with Crippen molar-refractivity contribution in [2.75, 3.05) is 19.7 Å². The summed E-state index contributed by atoms with van der Waals surface area (Å²) in [5, 5.41) is 20.7. The molecule has 3 atom stereocenters. The average molecular weight is 515 g/mol. The van der Waals surface area contributed by atoms with E-state index in [1.807, 2.05) is 55.5 Å². The lowest BCUT2D eigenvalue weighted by molar-refractivity contribution is 0.169. The van der Waals surface area contributed by atoms with Gasteiger partial charge in [0.2, 0.25) is 0 Å². The normalized spacial score (nSPS) is 20.2. The number of phenolic OH excluding ortho intramolecular Hbond substituents is 1. The standard InChI is InChI=1S/C31H31ClN2O3/c1-19-14-15-34(17-19)20(2)18-36-23-10-8-22(9-11-23)31-30(24-6-4-5-7-26(24)32)21(3)29-25(16-33)27(35)12-13-28(29)37-31/h4-13,19-20,31,35H,14-15,17-18H2,1-3H3. The molecular weight excluding hydrogens is 484 g/mol. The van der Waals surface area contributed by atoms with Crippen LogP contribution in [0.4, 0.5) is 0 Å². The third-order valence-corrected chi connectivity index (χ3v) is 7.79. The number of hydrogen-bond acceptors (Lipinski definition) is 5. The quantitative estimate of drug-likeness (QED) is 0.380. The summed E-state index contributed by atoms with van der Waals surface area (Å²) in [6, 6.07) is 21.3. The summed E-state index contributed by atoms with van der Waals surface area (Å²) in [6.45, 7) is 9.37. The highest BCUT2D eigenvalue weighted by molar-refractivity contribution is 6.32. The van der Waals surface area contributed by atoms with Gasteiger partial charge in [0, 0.05) is 34.3 Å². The van der Waals surface area contributed by atoms with E-state index < -0.39 is 6.10 Å². The van der Waals surface area contributed by atoms with Gasteiger partial charge in [-0.25, -0.2) is 0 Å². The van der Waals surface area contributed by atoms with E-state index in [-0.39, 0.29) is 11.3 Å². The van der Waals surface area contributed by atoms with Crippen molar-refractivity contribution >= 4 is 22.7 Å². The molecule has 0 bridgehead atoms. The van der Waals surface area contributed by atoms with Gasteiger partial charge in [0.1, 0.15) is 41.6 Å². The van der Waals surface area contributed by atoms with Crippen LogP contribution in [-0.4, -0.2) is 35.7 Å². The maximum absolute atomic E-state index is 10.3. The third kappa shape index (κ3) is 4.92. The first-order valence-electron chi connectivity index (χ1n) is 12.7. The van der Waals surface area contributed by atoms with Crippen molar-refractivity contribution in [2.45, 2.75) is 39.3 Å². The van der Waals surface area contributed by atoms with Gasteiger partial charge >= 0.3 is 0 Å². The van der Waals surface area contributed by atoms with Crippen LogP contribution >= 0.6 is 11.6 Å². The minimum atomic E-state index is -0.442. The summed E-state index contributed by atoms with van der Waals surface area (Å²) >= 11 is 6.64. The molecule has 2 aliphatic rings. The monoisotopic (exact) mass is 514 g/mol. The number of benzene rings is 3. The summed E-state index contributed by atoms with van der Waals surface area (Å²) in [5.74, 6) is 2.05. The molecule has 6 heteroatoms. The first kappa shape index (κ1) is 25.2. The molecule has 0 amide bonds. The zero-order valence-corrected chi connectivity index (χ0v) is 22.1. The molecule has 5 rings (SSSR count). The van der Waals surface area contributed by atoms with Crippen molar-refractivity contribution in [1.29, 1.82) is 5.26 Å². The predicted molar refractivity (Wildman–Crippen MR) is 147 cm³/mol. The number of halogens is 1. The summed E-state index contributed by atoms with van der Waals surface area (Å²) in [4.78, 5) is 2.49. The summed E-state index contributed by atoms with van der Waals surface area (Å²) < 4.78 is 12.6. The van der Waals surface area contributed by atoms with Gasteiger partial charge in [-0.05, 0) is 74.2 Å². The van der Waals surface area contributed by atoms with Crippen LogP contribution in [0.3, 0.4) is 0 Å². The summed E-state index contributed by atoms with van der Waals surface area (Å²) in [6.07, 6.45) is 0.808. The van der Waals surface area contributed by atoms with E-state index >= 15 is 0 Å². The molecule has 37 heavy (non-hydrogen) atoms. The molecular formula is C31H31ClN2O3. The van der Waals surface area contributed by atoms with E-state index in [0.29, 0.717) is 29.0 Å². The van der Waals surface area contributed by atoms with Gasteiger partial charge in [-0.2, -0.15) is 5.26 Å². The topological polar surface area (TPSA) is 65.7 Å². The Morgan fingerprint density at radius 2 is 1.92 bits per heavy atom. The predicted octanol–water partition coefficient (Wildman–Crippen LogP) is 7.09. The van der Waals surface area contributed by atoms with Crippen molar-refractivity contribution in [1.82, 2.24) is 4.90 Å². The summed E-state index contributed by atoms with van der Waals surface area (Å²) in [7, 11) is 0. The van der Waals surface area contributed by atoms with Crippen LogP contribution < -0.4 is 9.47 Å². The Labute approximate surface area is 223 Å². The first-order chi connectivity index (χ1) is 17.9. The van der Waals surface area contributed by atoms with Crippen molar-refractivity contribution in [3.05, 3.63) is 87.9 Å². The van der Waals surface area contributed by atoms with Crippen molar-refractivity contribution < 1.29 is 14.6 Å². The maximum atomic E-state index is 10.3. The molecule has 0 radical (unpaired) electrons. The minimum absolute atomic E-state index is 0.0692. The van der Waals surface area contributed by atoms with Gasteiger partial charge in [-0.1, -0.05) is 48.9 Å². The Kier molecular flexibility index (Phi) is 7.15. The van der Waals surface area contributed by atoms with Crippen molar-refractivity contribution in [3.63, 3.8) is 0 Å². The second-order valence-corrected chi connectivity index (χ2v) is 10.5. The number of fused-ring (bicyclic) bond motifs is 1. The SMILES string of the molecule is CC1=C(c2ccccc2Cl)C(c2ccc(OCC(C)N3CCC(C)C3)cc2)Oc2ccc(O)c(C#N)c21. The molecule has 5 nitrogen and oxygen atoms in total. The van der Waals surface area contributed by atoms with Crippen molar-refractivity contribution in [2.24, 2.45) is 5.92 Å². The summed E-state index contributed by atoms with van der Waals surface area (Å²) in [5.41, 5.74) is 4.28. The Bertz CT molecular complexity index is 1380. The van der Waals surface area contributed by atoms with E-state index in [9.17, 15) is 10.4 Å². The van der Waals surface area contributed by atoms with Crippen LogP contribution in [0.25, 0.3) is 11.1 Å². The Morgan fingerprint density at radius 1 is 1.16 bits per heavy atom. The highest BCUT2D eigenvalue weighted by Crippen LogP contribution is 2.50. The van der Waals surface area contributed by atoms with Crippen LogP contribution in [0, 0.1) is 17.2 Å². The van der Waals surface area contributed by atoms with E-state index in [0.717, 1.165) is 47.0 Å². The largest absolute Gasteiger partial charge is 0.507 e. The highest BCUT2D eigenvalue weighted by atomic mass is 35.5. The lowest BCUT2D eigenvalue weighted by atomic mass is 9.84. The Morgan fingerprint density at radius 3 is 2.59 bits per heavy atom. The van der Waals surface area contributed by atoms with E-state index in [1.165, 1.54) is 12.5 Å². The number of rotatable bonds is 6. The number of allylic oxidation sites excluding steroid dienone is 1.